The van der Waals surface area contributed by atoms with Gasteiger partial charge in [0.2, 0.25) is 0 Å². The Hall–Kier alpha value is -2.57. The van der Waals surface area contributed by atoms with Crippen LogP contribution in [0.3, 0.4) is 0 Å². The third kappa shape index (κ3) is 4.10. The molecule has 1 aromatic heterocycles. The molecule has 0 bridgehead atoms. The lowest BCUT2D eigenvalue weighted by Crippen LogP contribution is -2.22. The lowest BCUT2D eigenvalue weighted by Gasteiger charge is -2.08. The third-order valence-corrected chi connectivity index (χ3v) is 4.81. The number of nitrogens with one attached hydrogen (secondary N) is 1. The van der Waals surface area contributed by atoms with Crippen molar-refractivity contribution in [2.24, 2.45) is 0 Å². The zero-order valence-electron chi connectivity index (χ0n) is 13.1. The van der Waals surface area contributed by atoms with E-state index in [2.05, 4.69) is 5.32 Å². The van der Waals surface area contributed by atoms with Crippen molar-refractivity contribution in [3.8, 4) is 0 Å². The molecule has 3 aromatic rings. The molecule has 1 unspecified atom stereocenters. The highest BCUT2D eigenvalue weighted by atomic mass is 32.1. The number of aliphatic hydroxyl groups is 1. The molecule has 25 heavy (non-hydrogen) atoms. The van der Waals surface area contributed by atoms with Gasteiger partial charge in [0.05, 0.1) is 6.54 Å². The Balaban J connectivity index is 1.63. The van der Waals surface area contributed by atoms with Gasteiger partial charge in [-0.3, -0.25) is 4.79 Å². The Bertz CT molecular complexity index is 880. The van der Waals surface area contributed by atoms with Gasteiger partial charge in [-0.05, 0) is 35.9 Å². The normalized spacial score (nSPS) is 12.0. The molecule has 1 heterocycles. The molecule has 2 N–H and O–H groups in total. The number of hydrogen-bond donors (Lipinski definition) is 2. The number of carbonyl (C=O) groups is 1. The minimum atomic E-state index is -1.06. The molecule has 0 fully saturated rings. The molecule has 1 amide bonds. The number of aliphatic hydroxyl groups excluding tert-OH is 1. The van der Waals surface area contributed by atoms with Gasteiger partial charge < -0.3 is 10.4 Å². The highest BCUT2D eigenvalue weighted by Crippen LogP contribution is 2.28. The molecule has 3 nitrogen and oxygen atoms in total. The summed E-state index contributed by atoms with van der Waals surface area (Å²) < 4.78 is 26.1. The molecule has 0 aliphatic rings. The summed E-state index contributed by atoms with van der Waals surface area (Å²) in [4.78, 5) is 13.6. The van der Waals surface area contributed by atoms with Crippen LogP contribution in [-0.4, -0.2) is 11.0 Å². The molecular weight excluding hydrogens is 344 g/mol. The fraction of sp³-hybridized carbons (Fsp3) is 0.105. The fourth-order valence-corrected chi connectivity index (χ4v) is 3.31. The molecule has 6 heteroatoms. The Labute approximate surface area is 147 Å². The number of hydrogen-bond acceptors (Lipinski definition) is 3. The van der Waals surface area contributed by atoms with Gasteiger partial charge in [-0.25, -0.2) is 8.78 Å². The van der Waals surface area contributed by atoms with Crippen LogP contribution in [0.1, 0.15) is 31.8 Å². The fourth-order valence-electron chi connectivity index (χ4n) is 2.34. The van der Waals surface area contributed by atoms with E-state index in [-0.39, 0.29) is 12.1 Å². The first-order valence-electron chi connectivity index (χ1n) is 7.59. The summed E-state index contributed by atoms with van der Waals surface area (Å²) in [5.74, 6) is -2.54. The van der Waals surface area contributed by atoms with Gasteiger partial charge in [0.1, 0.15) is 6.10 Å². The number of halogens is 2. The van der Waals surface area contributed by atoms with Crippen molar-refractivity contribution in [2.45, 2.75) is 12.6 Å². The average Bonchev–Trinajstić information content (AvgIpc) is 3.11. The maximum absolute atomic E-state index is 13.2. The van der Waals surface area contributed by atoms with E-state index < -0.39 is 23.6 Å². The molecule has 0 aliphatic heterocycles. The third-order valence-electron chi connectivity index (χ3n) is 3.67. The molecule has 2 aromatic carbocycles. The number of thiophene rings is 1. The van der Waals surface area contributed by atoms with Crippen LogP contribution in [0.5, 0.6) is 0 Å². The zero-order chi connectivity index (χ0) is 17.8. The van der Waals surface area contributed by atoms with Gasteiger partial charge in [0, 0.05) is 15.3 Å². The van der Waals surface area contributed by atoms with Crippen molar-refractivity contribution < 1.29 is 18.7 Å². The van der Waals surface area contributed by atoms with Gasteiger partial charge in [-0.15, -0.1) is 11.3 Å². The molecule has 3 rings (SSSR count). The van der Waals surface area contributed by atoms with Gasteiger partial charge in [0.25, 0.3) is 5.91 Å². The van der Waals surface area contributed by atoms with Crippen molar-refractivity contribution in [3.63, 3.8) is 0 Å². The lowest BCUT2D eigenvalue weighted by molar-refractivity contribution is 0.0950. The van der Waals surface area contributed by atoms with Crippen LogP contribution in [-0.2, 0) is 6.54 Å². The van der Waals surface area contributed by atoms with Crippen LogP contribution in [0.15, 0.2) is 60.7 Å². The average molecular weight is 359 g/mol. The molecule has 0 spiro atoms. The molecule has 0 aliphatic carbocycles. The predicted octanol–water partition coefficient (Wildman–Crippen LogP) is 4.04. The van der Waals surface area contributed by atoms with Gasteiger partial charge >= 0.3 is 0 Å². The van der Waals surface area contributed by atoms with Gasteiger partial charge in [-0.1, -0.05) is 30.3 Å². The second-order valence-electron chi connectivity index (χ2n) is 5.43. The van der Waals surface area contributed by atoms with Crippen LogP contribution >= 0.6 is 11.3 Å². The molecule has 0 radical (unpaired) electrons. The summed E-state index contributed by atoms with van der Waals surface area (Å²) in [7, 11) is 0. The summed E-state index contributed by atoms with van der Waals surface area (Å²) >= 11 is 1.38. The maximum Gasteiger partial charge on any atom is 0.251 e. The number of rotatable bonds is 5. The highest BCUT2D eigenvalue weighted by Gasteiger charge is 2.14. The predicted molar refractivity (Wildman–Crippen MR) is 92.4 cm³/mol. The van der Waals surface area contributed by atoms with E-state index in [0.29, 0.717) is 0 Å². The summed E-state index contributed by atoms with van der Waals surface area (Å²) in [5, 5.41) is 13.0. The van der Waals surface area contributed by atoms with Crippen LogP contribution in [0.25, 0.3) is 0 Å². The van der Waals surface area contributed by atoms with E-state index in [1.165, 1.54) is 17.4 Å². The minimum Gasteiger partial charge on any atom is -0.383 e. The maximum atomic E-state index is 13.2. The second-order valence-corrected chi connectivity index (χ2v) is 6.63. The largest absolute Gasteiger partial charge is 0.383 e. The topological polar surface area (TPSA) is 49.3 Å². The van der Waals surface area contributed by atoms with Crippen LogP contribution in [0.2, 0.25) is 0 Å². The Morgan fingerprint density at radius 3 is 2.52 bits per heavy atom. The molecule has 0 saturated carbocycles. The first kappa shape index (κ1) is 17.3. The second kappa shape index (κ2) is 7.55. The van der Waals surface area contributed by atoms with Gasteiger partial charge in [-0.2, -0.15) is 0 Å². The quantitative estimate of drug-likeness (QED) is 0.722. The van der Waals surface area contributed by atoms with Crippen molar-refractivity contribution in [1.82, 2.24) is 5.32 Å². The zero-order valence-corrected chi connectivity index (χ0v) is 13.9. The first-order chi connectivity index (χ1) is 12.0. The van der Waals surface area contributed by atoms with Crippen LogP contribution < -0.4 is 5.32 Å². The minimum absolute atomic E-state index is 0.0556. The van der Waals surface area contributed by atoms with Crippen molar-refractivity contribution in [3.05, 3.63) is 93.2 Å². The molecule has 128 valence electrons. The van der Waals surface area contributed by atoms with E-state index in [4.69, 9.17) is 0 Å². The summed E-state index contributed by atoms with van der Waals surface area (Å²) in [6.45, 7) is 0.240. The molecular formula is C19H15F2NO2S. The Morgan fingerprint density at radius 1 is 1.04 bits per heavy atom. The van der Waals surface area contributed by atoms with E-state index in [1.54, 1.807) is 6.07 Å². The number of amides is 1. The van der Waals surface area contributed by atoms with E-state index >= 15 is 0 Å². The summed E-state index contributed by atoms with van der Waals surface area (Å²) in [5.41, 5.74) is 0.849. The lowest BCUT2D eigenvalue weighted by atomic mass is 10.1. The standard InChI is InChI=1S/C19H15F2NO2S/c20-15-8-6-13(10-16(15)21)19(24)22-11-14-7-9-17(25-14)18(23)12-4-2-1-3-5-12/h1-10,18,23H,11H2,(H,22,24). The van der Waals surface area contributed by atoms with Gasteiger partial charge in [0.15, 0.2) is 11.6 Å². The monoisotopic (exact) mass is 359 g/mol. The van der Waals surface area contributed by atoms with E-state index in [1.807, 2.05) is 36.4 Å². The molecule has 0 saturated heterocycles. The van der Waals surface area contributed by atoms with Crippen molar-refractivity contribution in [1.29, 1.82) is 0 Å². The van der Waals surface area contributed by atoms with E-state index in [9.17, 15) is 18.7 Å². The van der Waals surface area contributed by atoms with Crippen LogP contribution in [0, 0.1) is 11.6 Å². The SMILES string of the molecule is O=C(NCc1ccc(C(O)c2ccccc2)s1)c1ccc(F)c(F)c1. The Kier molecular flexibility index (Phi) is 5.21. The van der Waals surface area contributed by atoms with E-state index in [0.717, 1.165) is 27.5 Å². The number of carbonyl (C=O) groups excluding carboxylic acids is 1. The summed E-state index contributed by atoms with van der Waals surface area (Å²) in [6.07, 6.45) is -0.721. The number of benzene rings is 2. The van der Waals surface area contributed by atoms with Crippen molar-refractivity contribution >= 4 is 17.2 Å². The Morgan fingerprint density at radius 2 is 1.80 bits per heavy atom. The van der Waals surface area contributed by atoms with Crippen LogP contribution in [0.4, 0.5) is 8.78 Å². The molecule has 1 atom stereocenters. The highest BCUT2D eigenvalue weighted by molar-refractivity contribution is 7.12. The first-order valence-corrected chi connectivity index (χ1v) is 8.41. The smallest absolute Gasteiger partial charge is 0.251 e. The summed E-state index contributed by atoms with van der Waals surface area (Å²) in [6, 6.07) is 15.9. The van der Waals surface area contributed by atoms with Crippen molar-refractivity contribution in [2.75, 3.05) is 0 Å².